The molecule has 1 aromatic carbocycles. The monoisotopic (exact) mass is 504 g/mol. The summed E-state index contributed by atoms with van der Waals surface area (Å²) in [4.78, 5) is -0.157. The maximum Gasteiger partial charge on any atom is 0.433 e. The van der Waals surface area contributed by atoms with E-state index >= 15 is 0 Å². The summed E-state index contributed by atoms with van der Waals surface area (Å²) < 4.78 is 80.9. The number of aryl methyl sites for hydroxylation is 1. The van der Waals surface area contributed by atoms with E-state index in [1.165, 1.54) is 39.2 Å². The Kier molecular flexibility index (Phi) is 9.10. The van der Waals surface area contributed by atoms with Gasteiger partial charge < -0.3 is 5.73 Å². The molecule has 6 nitrogen and oxygen atoms in total. The average molecular weight is 505 g/mol. The normalized spacial score (nSPS) is 12.9. The highest BCUT2D eigenvalue weighted by atomic mass is 35.5. The van der Waals surface area contributed by atoms with E-state index < -0.39 is 34.3 Å². The molecule has 0 fully saturated rings. The highest BCUT2D eigenvalue weighted by Gasteiger charge is 2.39. The van der Waals surface area contributed by atoms with Crippen molar-refractivity contribution < 1.29 is 26.0 Å². The van der Waals surface area contributed by atoms with Crippen LogP contribution in [0.5, 0.6) is 0 Å². The van der Waals surface area contributed by atoms with Gasteiger partial charge in [0.15, 0.2) is 0 Å². The summed E-state index contributed by atoms with van der Waals surface area (Å²) in [6.07, 6.45) is -4.02. The van der Waals surface area contributed by atoms with Crippen LogP contribution < -0.4 is 5.73 Å². The fourth-order valence-electron chi connectivity index (χ4n) is 2.86. The summed E-state index contributed by atoms with van der Waals surface area (Å²) in [6, 6.07) is 3.92. The predicted molar refractivity (Wildman–Crippen MR) is 113 cm³/mol. The maximum atomic E-state index is 13.8. The zero-order chi connectivity index (χ0) is 22.9. The first-order valence-electron chi connectivity index (χ1n) is 8.68. The molecule has 0 unspecified atom stereocenters. The van der Waals surface area contributed by atoms with Crippen LogP contribution in [0.15, 0.2) is 35.0 Å². The highest BCUT2D eigenvalue weighted by molar-refractivity contribution is 7.89. The van der Waals surface area contributed by atoms with E-state index in [2.05, 4.69) is 5.10 Å². The third kappa shape index (κ3) is 6.19. The van der Waals surface area contributed by atoms with E-state index in [0.29, 0.717) is 10.2 Å². The van der Waals surface area contributed by atoms with Crippen LogP contribution in [0, 0.1) is 6.92 Å². The average Bonchev–Trinajstić information content (AvgIpc) is 2.89. The molecule has 2 aromatic rings. The first-order chi connectivity index (χ1) is 13.8. The van der Waals surface area contributed by atoms with Gasteiger partial charge in [0.1, 0.15) is 16.4 Å². The van der Waals surface area contributed by atoms with Gasteiger partial charge in [-0.05, 0) is 30.7 Å². The number of rotatable bonds is 7. The van der Waals surface area contributed by atoms with Gasteiger partial charge in [-0.3, -0.25) is 4.68 Å². The number of sulfonamides is 1. The molecule has 1 heterocycles. The number of halogens is 6. The van der Waals surface area contributed by atoms with Crippen LogP contribution in [0.2, 0.25) is 5.02 Å². The van der Waals surface area contributed by atoms with Crippen LogP contribution in [0.25, 0.3) is 0 Å². The molecule has 13 heteroatoms. The number of benzene rings is 1. The lowest BCUT2D eigenvalue weighted by Crippen LogP contribution is -2.22. The Hall–Kier alpha value is -1.66. The standard InChI is InChI=1S/C18H21ClF4N4O2S.ClH/c1-11-14(17(18(21,22)23)27(25-11)10-13(20)6-7-24)8-12-4-5-16(15(19)9-12)30(28,29)26(2)3;/h4-6,9H,7-8,10,24H2,1-3H3;1H. The lowest BCUT2D eigenvalue weighted by molar-refractivity contribution is -0.144. The van der Waals surface area contributed by atoms with E-state index in [9.17, 15) is 26.0 Å². The molecule has 0 aliphatic carbocycles. The van der Waals surface area contributed by atoms with Crippen LogP contribution in [0.3, 0.4) is 0 Å². The minimum absolute atomic E-state index is 0. The first kappa shape index (κ1) is 27.4. The Morgan fingerprint density at radius 1 is 1.32 bits per heavy atom. The minimum atomic E-state index is -4.78. The molecule has 2 N–H and O–H groups in total. The van der Waals surface area contributed by atoms with Crippen LogP contribution in [-0.2, 0) is 29.2 Å². The second-order valence-corrected chi connectivity index (χ2v) is 9.21. The summed E-state index contributed by atoms with van der Waals surface area (Å²) in [5.74, 6) is -0.835. The van der Waals surface area contributed by atoms with Crippen molar-refractivity contribution >= 4 is 34.0 Å². The summed E-state index contributed by atoms with van der Waals surface area (Å²) in [5, 5.41) is 3.72. The number of hydrogen-bond acceptors (Lipinski definition) is 4. The van der Waals surface area contributed by atoms with Gasteiger partial charge in [-0.15, -0.1) is 12.4 Å². The van der Waals surface area contributed by atoms with Gasteiger partial charge in [0.2, 0.25) is 10.0 Å². The smallest absolute Gasteiger partial charge is 0.327 e. The number of hydrogen-bond donors (Lipinski definition) is 1. The topological polar surface area (TPSA) is 81.2 Å². The number of aromatic nitrogens is 2. The van der Waals surface area contributed by atoms with Gasteiger partial charge in [0.05, 0.1) is 17.3 Å². The van der Waals surface area contributed by atoms with Gasteiger partial charge >= 0.3 is 6.18 Å². The highest BCUT2D eigenvalue weighted by Crippen LogP contribution is 2.36. The van der Waals surface area contributed by atoms with E-state index in [-0.39, 0.29) is 46.5 Å². The van der Waals surface area contributed by atoms with E-state index in [1.807, 2.05) is 0 Å². The van der Waals surface area contributed by atoms with Crippen molar-refractivity contribution in [3.8, 4) is 0 Å². The van der Waals surface area contributed by atoms with Gasteiger partial charge in [-0.2, -0.15) is 18.3 Å². The van der Waals surface area contributed by atoms with Crippen molar-refractivity contribution in [2.24, 2.45) is 5.73 Å². The number of nitrogens with zero attached hydrogens (tertiary/aromatic N) is 3. The van der Waals surface area contributed by atoms with E-state index in [4.69, 9.17) is 17.3 Å². The third-order valence-corrected chi connectivity index (χ3v) is 6.59. The number of allylic oxidation sites excluding steroid dienone is 1. The van der Waals surface area contributed by atoms with Crippen LogP contribution in [-0.4, -0.2) is 43.1 Å². The lowest BCUT2D eigenvalue weighted by atomic mass is 10.0. The van der Waals surface area contributed by atoms with Gasteiger partial charge in [-0.1, -0.05) is 17.7 Å². The molecule has 0 aliphatic heterocycles. The van der Waals surface area contributed by atoms with Gasteiger partial charge in [0, 0.05) is 32.6 Å². The maximum absolute atomic E-state index is 13.8. The van der Waals surface area contributed by atoms with Gasteiger partial charge in [-0.25, -0.2) is 17.1 Å². The Morgan fingerprint density at radius 3 is 2.42 bits per heavy atom. The zero-order valence-corrected chi connectivity index (χ0v) is 19.3. The fourth-order valence-corrected chi connectivity index (χ4v) is 4.30. The summed E-state index contributed by atoms with van der Waals surface area (Å²) in [5.41, 5.74) is 4.38. The van der Waals surface area contributed by atoms with Crippen LogP contribution in [0.4, 0.5) is 17.6 Å². The van der Waals surface area contributed by atoms with Crippen molar-refractivity contribution in [3.63, 3.8) is 0 Å². The van der Waals surface area contributed by atoms with Crippen LogP contribution >= 0.6 is 24.0 Å². The van der Waals surface area contributed by atoms with E-state index in [0.717, 1.165) is 10.4 Å². The SMILES string of the molecule is Cc1nn(CC(F)=CCN)c(C(F)(F)F)c1Cc1ccc(S(=O)(=O)N(C)C)c(Cl)c1.Cl. The fraction of sp³-hybridized carbons (Fsp3) is 0.389. The molecule has 0 atom stereocenters. The van der Waals surface area contributed by atoms with E-state index in [1.54, 1.807) is 0 Å². The van der Waals surface area contributed by atoms with Crippen molar-refractivity contribution in [1.82, 2.24) is 14.1 Å². The van der Waals surface area contributed by atoms with Crippen molar-refractivity contribution in [2.75, 3.05) is 20.6 Å². The largest absolute Gasteiger partial charge is 0.433 e. The zero-order valence-electron chi connectivity index (χ0n) is 16.9. The summed E-state index contributed by atoms with van der Waals surface area (Å²) in [7, 11) is -1.13. The van der Waals surface area contributed by atoms with Gasteiger partial charge in [0.25, 0.3) is 0 Å². The number of alkyl halides is 3. The molecule has 0 bridgehead atoms. The second-order valence-electron chi connectivity index (χ2n) is 6.68. The third-order valence-electron chi connectivity index (χ3n) is 4.30. The molecule has 0 radical (unpaired) electrons. The molecular weight excluding hydrogens is 483 g/mol. The number of nitrogens with two attached hydrogens (primary N) is 1. The Balaban J connectivity index is 0.00000480. The predicted octanol–water partition coefficient (Wildman–Crippen LogP) is 3.94. The molecular formula is C18H22Cl2F4N4O2S. The lowest BCUT2D eigenvalue weighted by Gasteiger charge is -2.14. The van der Waals surface area contributed by atoms with Crippen LogP contribution in [0.1, 0.15) is 22.5 Å². The second kappa shape index (κ2) is 10.3. The molecule has 1 aromatic heterocycles. The summed E-state index contributed by atoms with van der Waals surface area (Å²) in [6.45, 7) is 0.534. The molecule has 0 saturated carbocycles. The molecule has 2 rings (SSSR count). The Morgan fingerprint density at radius 2 is 1.94 bits per heavy atom. The summed E-state index contributed by atoms with van der Waals surface area (Å²) >= 11 is 6.08. The minimum Gasteiger partial charge on any atom is -0.327 e. The Bertz CT molecular complexity index is 1070. The molecule has 174 valence electrons. The van der Waals surface area contributed by atoms with Crippen molar-refractivity contribution in [2.45, 2.75) is 31.0 Å². The molecule has 31 heavy (non-hydrogen) atoms. The quantitative estimate of drug-likeness (QED) is 0.579. The first-order valence-corrected chi connectivity index (χ1v) is 10.5. The van der Waals surface area contributed by atoms with Crippen molar-refractivity contribution in [1.29, 1.82) is 0 Å². The molecule has 0 amide bonds. The van der Waals surface area contributed by atoms with Crippen molar-refractivity contribution in [3.05, 3.63) is 57.6 Å². The molecule has 0 spiro atoms. The molecule has 0 saturated heterocycles. The Labute approximate surface area is 189 Å². The molecule has 0 aliphatic rings.